The first-order valence-corrected chi connectivity index (χ1v) is 5.55. The summed E-state index contributed by atoms with van der Waals surface area (Å²) in [7, 11) is 0. The third-order valence-electron chi connectivity index (χ3n) is 2.54. The fourth-order valence-electron chi connectivity index (χ4n) is 1.48. The van der Waals surface area contributed by atoms with Crippen LogP contribution in [0.25, 0.3) is 0 Å². The molecule has 0 radical (unpaired) electrons. The minimum Gasteiger partial charge on any atom is -0.397 e. The van der Waals surface area contributed by atoms with Crippen LogP contribution in [-0.2, 0) is 0 Å². The molecule has 1 amide bonds. The highest BCUT2D eigenvalue weighted by molar-refractivity contribution is 5.96. The third-order valence-corrected chi connectivity index (χ3v) is 2.54. The first-order valence-electron chi connectivity index (χ1n) is 5.55. The van der Waals surface area contributed by atoms with Crippen molar-refractivity contribution in [1.82, 2.24) is 10.3 Å². The van der Waals surface area contributed by atoms with Crippen LogP contribution < -0.4 is 11.1 Å². The molecule has 1 aromatic heterocycles. The molecule has 3 N–H and O–H groups in total. The van der Waals surface area contributed by atoms with E-state index in [4.69, 9.17) is 12.2 Å². The summed E-state index contributed by atoms with van der Waals surface area (Å²) in [5.74, 6) is 2.37. The molecule has 1 atom stereocenters. The monoisotopic (exact) mass is 231 g/mol. The molecule has 0 aliphatic heterocycles. The molecule has 0 aliphatic carbocycles. The molecule has 0 aliphatic rings. The first kappa shape index (κ1) is 13.0. The van der Waals surface area contributed by atoms with Gasteiger partial charge in [-0.05, 0) is 19.4 Å². The number of aromatic nitrogens is 1. The van der Waals surface area contributed by atoms with Crippen molar-refractivity contribution < 1.29 is 4.79 Å². The van der Waals surface area contributed by atoms with Gasteiger partial charge in [0.25, 0.3) is 5.91 Å². The Labute approximate surface area is 102 Å². The minimum atomic E-state index is -0.176. The highest BCUT2D eigenvalue weighted by Gasteiger charge is 2.14. The van der Waals surface area contributed by atoms with Crippen molar-refractivity contribution >= 4 is 11.6 Å². The summed E-state index contributed by atoms with van der Waals surface area (Å²) in [5.41, 5.74) is 7.25. The number of nitrogens with one attached hydrogen (secondary N) is 1. The summed E-state index contributed by atoms with van der Waals surface area (Å²) in [6.07, 6.45) is 8.09. The van der Waals surface area contributed by atoms with Crippen LogP contribution in [0.3, 0.4) is 0 Å². The smallest absolute Gasteiger partial charge is 0.253 e. The fraction of sp³-hybridized carbons (Fsp3) is 0.385. The second-order valence-corrected chi connectivity index (χ2v) is 3.89. The molecular weight excluding hydrogens is 214 g/mol. The SMILES string of the molecule is C#CCC(CC)NC(=O)c1cc(N)cnc1C. The molecule has 1 unspecified atom stereocenters. The Kier molecular flexibility index (Phi) is 4.53. The van der Waals surface area contributed by atoms with E-state index in [2.05, 4.69) is 16.2 Å². The van der Waals surface area contributed by atoms with Crippen LogP contribution in [0.2, 0.25) is 0 Å². The third kappa shape index (κ3) is 3.49. The van der Waals surface area contributed by atoms with Gasteiger partial charge in [-0.15, -0.1) is 12.3 Å². The lowest BCUT2D eigenvalue weighted by Crippen LogP contribution is -2.34. The molecule has 90 valence electrons. The van der Waals surface area contributed by atoms with Gasteiger partial charge >= 0.3 is 0 Å². The number of anilines is 1. The summed E-state index contributed by atoms with van der Waals surface area (Å²) in [6.45, 7) is 3.75. The van der Waals surface area contributed by atoms with Crippen molar-refractivity contribution in [2.45, 2.75) is 32.7 Å². The van der Waals surface area contributed by atoms with Gasteiger partial charge in [0.15, 0.2) is 0 Å². The largest absolute Gasteiger partial charge is 0.397 e. The van der Waals surface area contributed by atoms with E-state index >= 15 is 0 Å². The van der Waals surface area contributed by atoms with Crippen LogP contribution >= 0.6 is 0 Å². The number of pyridine rings is 1. The van der Waals surface area contributed by atoms with Crippen molar-refractivity contribution in [1.29, 1.82) is 0 Å². The molecule has 0 spiro atoms. The van der Waals surface area contributed by atoms with E-state index in [1.165, 1.54) is 6.20 Å². The average Bonchev–Trinajstić information content (AvgIpc) is 2.31. The summed E-state index contributed by atoms with van der Waals surface area (Å²) in [4.78, 5) is 16.0. The number of hydrogen-bond donors (Lipinski definition) is 2. The summed E-state index contributed by atoms with van der Waals surface area (Å²) in [5, 5.41) is 2.87. The second-order valence-electron chi connectivity index (χ2n) is 3.89. The number of nitrogens with two attached hydrogens (primary N) is 1. The summed E-state index contributed by atoms with van der Waals surface area (Å²) in [6, 6.07) is 1.62. The van der Waals surface area contributed by atoms with Crippen LogP contribution in [0.1, 0.15) is 35.8 Å². The van der Waals surface area contributed by atoms with Crippen molar-refractivity contribution in [2.75, 3.05) is 5.73 Å². The lowest BCUT2D eigenvalue weighted by molar-refractivity contribution is 0.0935. The van der Waals surface area contributed by atoms with Gasteiger partial charge in [0.2, 0.25) is 0 Å². The number of carbonyl (C=O) groups excluding carboxylic acids is 1. The van der Waals surface area contributed by atoms with Gasteiger partial charge in [0.05, 0.1) is 23.1 Å². The topological polar surface area (TPSA) is 68.0 Å². The van der Waals surface area contributed by atoms with Gasteiger partial charge in [-0.2, -0.15) is 0 Å². The molecular formula is C13H17N3O. The van der Waals surface area contributed by atoms with Crippen molar-refractivity contribution in [2.24, 2.45) is 0 Å². The zero-order chi connectivity index (χ0) is 12.8. The molecule has 1 rings (SSSR count). The number of nitrogens with zero attached hydrogens (tertiary/aromatic N) is 1. The number of hydrogen-bond acceptors (Lipinski definition) is 3. The van der Waals surface area contributed by atoms with Gasteiger partial charge in [-0.1, -0.05) is 6.92 Å². The summed E-state index contributed by atoms with van der Waals surface area (Å²) >= 11 is 0. The van der Waals surface area contributed by atoms with Crippen LogP contribution in [0.5, 0.6) is 0 Å². The average molecular weight is 231 g/mol. The van der Waals surface area contributed by atoms with Gasteiger partial charge in [0, 0.05) is 12.5 Å². The van der Waals surface area contributed by atoms with Crippen LogP contribution in [0, 0.1) is 19.3 Å². The van der Waals surface area contributed by atoms with Crippen molar-refractivity contribution in [3.63, 3.8) is 0 Å². The zero-order valence-electron chi connectivity index (χ0n) is 10.2. The molecule has 0 saturated heterocycles. The van der Waals surface area contributed by atoms with E-state index in [0.29, 0.717) is 23.4 Å². The molecule has 4 heteroatoms. The number of terminal acetylenes is 1. The Hall–Kier alpha value is -2.02. The van der Waals surface area contributed by atoms with Crippen LogP contribution in [-0.4, -0.2) is 16.9 Å². The molecule has 4 nitrogen and oxygen atoms in total. The predicted molar refractivity (Wildman–Crippen MR) is 68.4 cm³/mol. The standard InChI is InChI=1S/C13H17N3O/c1-4-6-11(5-2)16-13(17)12-7-10(14)8-15-9(12)3/h1,7-8,11H,5-6,14H2,2-3H3,(H,16,17). The van der Waals surface area contributed by atoms with Crippen molar-refractivity contribution in [3.05, 3.63) is 23.5 Å². The van der Waals surface area contributed by atoms with Gasteiger partial charge < -0.3 is 11.1 Å². The minimum absolute atomic E-state index is 0.00618. The maximum atomic E-state index is 12.0. The second kappa shape index (κ2) is 5.90. The van der Waals surface area contributed by atoms with E-state index < -0.39 is 0 Å². The van der Waals surface area contributed by atoms with E-state index in [-0.39, 0.29) is 11.9 Å². The van der Waals surface area contributed by atoms with Crippen LogP contribution in [0.15, 0.2) is 12.3 Å². The lowest BCUT2D eigenvalue weighted by atomic mass is 10.1. The molecule has 1 aromatic rings. The Morgan fingerprint density at radius 1 is 1.71 bits per heavy atom. The Bertz CT molecular complexity index is 448. The molecule has 0 aromatic carbocycles. The maximum Gasteiger partial charge on any atom is 0.253 e. The lowest BCUT2D eigenvalue weighted by Gasteiger charge is -2.15. The van der Waals surface area contributed by atoms with Crippen LogP contribution in [0.4, 0.5) is 5.69 Å². The highest BCUT2D eigenvalue weighted by atomic mass is 16.1. The van der Waals surface area contributed by atoms with Gasteiger partial charge in [-0.25, -0.2) is 0 Å². The number of rotatable bonds is 4. The van der Waals surface area contributed by atoms with E-state index in [1.54, 1.807) is 13.0 Å². The quantitative estimate of drug-likeness (QED) is 0.772. The number of carbonyl (C=O) groups is 1. The molecule has 0 saturated carbocycles. The van der Waals surface area contributed by atoms with Gasteiger partial charge in [-0.3, -0.25) is 9.78 Å². The number of aryl methyl sites for hydroxylation is 1. The normalized spacial score (nSPS) is 11.6. The van der Waals surface area contributed by atoms with E-state index in [9.17, 15) is 4.79 Å². The fourth-order valence-corrected chi connectivity index (χ4v) is 1.48. The Morgan fingerprint density at radius 3 is 3.00 bits per heavy atom. The first-order chi connectivity index (χ1) is 8.08. The van der Waals surface area contributed by atoms with Crippen molar-refractivity contribution in [3.8, 4) is 12.3 Å². The summed E-state index contributed by atoms with van der Waals surface area (Å²) < 4.78 is 0. The number of nitrogen functional groups attached to an aromatic ring is 1. The van der Waals surface area contributed by atoms with E-state index in [0.717, 1.165) is 6.42 Å². The molecule has 17 heavy (non-hydrogen) atoms. The Balaban J connectivity index is 2.82. The molecule has 0 bridgehead atoms. The highest BCUT2D eigenvalue weighted by Crippen LogP contribution is 2.10. The molecule has 1 heterocycles. The maximum absolute atomic E-state index is 12.0. The molecule has 0 fully saturated rings. The van der Waals surface area contributed by atoms with Gasteiger partial charge in [0.1, 0.15) is 0 Å². The Morgan fingerprint density at radius 2 is 2.41 bits per heavy atom. The van der Waals surface area contributed by atoms with E-state index in [1.807, 2.05) is 6.92 Å². The number of amides is 1. The zero-order valence-corrected chi connectivity index (χ0v) is 10.2. The predicted octanol–water partition coefficient (Wildman–Crippen LogP) is 1.50.